The molecular weight excluding hydrogens is 244 g/mol. The van der Waals surface area contributed by atoms with Gasteiger partial charge in [-0.15, -0.1) is 0 Å². The first kappa shape index (κ1) is 15.1. The van der Waals surface area contributed by atoms with Crippen LogP contribution in [0.25, 0.3) is 6.08 Å². The van der Waals surface area contributed by atoms with E-state index in [1.807, 2.05) is 0 Å². The summed E-state index contributed by atoms with van der Waals surface area (Å²) in [4.78, 5) is 10.6. The number of rotatable bonds is 7. The van der Waals surface area contributed by atoms with Crippen molar-refractivity contribution in [1.82, 2.24) is 0 Å². The molecule has 104 valence electrons. The molecule has 0 radical (unpaired) electrons. The van der Waals surface area contributed by atoms with Gasteiger partial charge in [0.1, 0.15) is 0 Å². The van der Waals surface area contributed by atoms with E-state index in [4.69, 9.17) is 14.6 Å². The highest BCUT2D eigenvalue weighted by Gasteiger charge is 2.10. The highest BCUT2D eigenvalue weighted by molar-refractivity contribution is 5.86. The van der Waals surface area contributed by atoms with Crippen LogP contribution in [0.5, 0.6) is 11.5 Å². The third kappa shape index (κ3) is 4.66. The molecule has 1 aromatic carbocycles. The molecule has 0 bridgehead atoms. The van der Waals surface area contributed by atoms with Gasteiger partial charge >= 0.3 is 5.97 Å². The van der Waals surface area contributed by atoms with Gasteiger partial charge in [-0.25, -0.2) is 4.79 Å². The van der Waals surface area contributed by atoms with Crippen molar-refractivity contribution < 1.29 is 19.4 Å². The molecule has 0 spiro atoms. The van der Waals surface area contributed by atoms with Crippen LogP contribution >= 0.6 is 0 Å². The van der Waals surface area contributed by atoms with Gasteiger partial charge in [-0.3, -0.25) is 0 Å². The summed E-state index contributed by atoms with van der Waals surface area (Å²) in [6.45, 7) is 4.77. The maximum absolute atomic E-state index is 10.6. The zero-order valence-electron chi connectivity index (χ0n) is 11.6. The van der Waals surface area contributed by atoms with E-state index < -0.39 is 5.97 Å². The number of hydrogen-bond acceptors (Lipinski definition) is 3. The lowest BCUT2D eigenvalue weighted by molar-refractivity contribution is -0.131. The van der Waals surface area contributed by atoms with Gasteiger partial charge in [-0.2, -0.15) is 0 Å². The van der Waals surface area contributed by atoms with Gasteiger partial charge in [0.05, 0.1) is 13.7 Å². The van der Waals surface area contributed by atoms with Crippen LogP contribution in [0, 0.1) is 5.92 Å². The smallest absolute Gasteiger partial charge is 0.328 e. The maximum atomic E-state index is 10.6. The van der Waals surface area contributed by atoms with Gasteiger partial charge in [-0.1, -0.05) is 32.4 Å². The molecule has 19 heavy (non-hydrogen) atoms. The zero-order chi connectivity index (χ0) is 14.3. The van der Waals surface area contributed by atoms with Crippen LogP contribution in [0.4, 0.5) is 0 Å². The molecule has 0 saturated heterocycles. The van der Waals surface area contributed by atoms with Crippen LogP contribution < -0.4 is 9.47 Å². The predicted octanol–water partition coefficient (Wildman–Crippen LogP) is 3.22. The molecule has 0 heterocycles. The number of ether oxygens (including phenoxy) is 2. The van der Waals surface area contributed by atoms with Gasteiger partial charge in [0, 0.05) is 11.6 Å². The van der Waals surface area contributed by atoms with Crippen molar-refractivity contribution in [3.05, 3.63) is 29.8 Å². The average Bonchev–Trinajstić information content (AvgIpc) is 2.42. The molecule has 1 aromatic rings. The lowest BCUT2D eigenvalue weighted by Crippen LogP contribution is -2.08. The first-order valence-corrected chi connectivity index (χ1v) is 6.29. The normalized spacial score (nSPS) is 12.4. The van der Waals surface area contributed by atoms with Crippen molar-refractivity contribution in [1.29, 1.82) is 0 Å². The molecule has 1 unspecified atom stereocenters. The van der Waals surface area contributed by atoms with Crippen molar-refractivity contribution in [2.24, 2.45) is 5.92 Å². The summed E-state index contributed by atoms with van der Waals surface area (Å²) in [5, 5.41) is 8.69. The van der Waals surface area contributed by atoms with E-state index in [1.54, 1.807) is 25.3 Å². The number of carbonyl (C=O) groups is 1. The van der Waals surface area contributed by atoms with Crippen molar-refractivity contribution in [3.63, 3.8) is 0 Å². The largest absolute Gasteiger partial charge is 0.493 e. The maximum Gasteiger partial charge on any atom is 0.328 e. The Balaban J connectivity index is 2.99. The first-order chi connectivity index (χ1) is 9.08. The first-order valence-electron chi connectivity index (χ1n) is 6.29. The molecule has 0 aromatic heterocycles. The summed E-state index contributed by atoms with van der Waals surface area (Å²) in [5.41, 5.74) is 0.699. The number of aliphatic carboxylic acids is 1. The summed E-state index contributed by atoms with van der Waals surface area (Å²) >= 11 is 0. The number of benzene rings is 1. The predicted molar refractivity (Wildman–Crippen MR) is 74.6 cm³/mol. The number of para-hydroxylation sites is 1. The minimum absolute atomic E-state index is 0.432. The Bertz CT molecular complexity index is 451. The van der Waals surface area contributed by atoms with Crippen molar-refractivity contribution in [2.45, 2.75) is 20.3 Å². The van der Waals surface area contributed by atoms with Crippen LogP contribution in [0.15, 0.2) is 24.3 Å². The van der Waals surface area contributed by atoms with Crippen molar-refractivity contribution >= 4 is 12.0 Å². The molecule has 1 N–H and O–H groups in total. The summed E-state index contributed by atoms with van der Waals surface area (Å²) in [6, 6.07) is 5.40. The van der Waals surface area contributed by atoms with Crippen LogP contribution in [0.1, 0.15) is 25.8 Å². The van der Waals surface area contributed by atoms with E-state index in [0.717, 1.165) is 12.5 Å². The van der Waals surface area contributed by atoms with E-state index in [9.17, 15) is 4.79 Å². The Kier molecular flexibility index (Phi) is 5.93. The Hall–Kier alpha value is -1.97. The van der Waals surface area contributed by atoms with Crippen molar-refractivity contribution in [3.8, 4) is 11.5 Å². The van der Waals surface area contributed by atoms with E-state index in [-0.39, 0.29) is 0 Å². The molecule has 1 atom stereocenters. The molecule has 0 aliphatic rings. The van der Waals surface area contributed by atoms with E-state index >= 15 is 0 Å². The summed E-state index contributed by atoms with van der Waals surface area (Å²) in [6.07, 6.45) is 3.62. The minimum atomic E-state index is -0.990. The number of methoxy groups -OCH3 is 1. The van der Waals surface area contributed by atoms with E-state index in [1.165, 1.54) is 6.08 Å². The number of hydrogen-bond donors (Lipinski definition) is 1. The fourth-order valence-electron chi connectivity index (χ4n) is 1.48. The highest BCUT2D eigenvalue weighted by Crippen LogP contribution is 2.32. The lowest BCUT2D eigenvalue weighted by Gasteiger charge is -2.15. The molecule has 0 amide bonds. The second kappa shape index (κ2) is 7.46. The summed E-state index contributed by atoms with van der Waals surface area (Å²) in [5.74, 6) is 0.635. The molecule has 4 heteroatoms. The summed E-state index contributed by atoms with van der Waals surface area (Å²) in [7, 11) is 1.57. The molecule has 0 aliphatic carbocycles. The second-order valence-corrected chi connectivity index (χ2v) is 4.37. The van der Waals surface area contributed by atoms with Gasteiger partial charge in [-0.05, 0) is 18.1 Å². The van der Waals surface area contributed by atoms with Crippen molar-refractivity contribution in [2.75, 3.05) is 13.7 Å². The van der Waals surface area contributed by atoms with E-state index in [2.05, 4.69) is 13.8 Å². The molecule has 1 rings (SSSR count). The highest BCUT2D eigenvalue weighted by atomic mass is 16.5. The quantitative estimate of drug-likeness (QED) is 0.768. The molecule has 4 nitrogen and oxygen atoms in total. The third-order valence-electron chi connectivity index (χ3n) is 2.84. The SMILES string of the molecule is CCC(C)COc1c(C=CC(=O)O)cccc1OC. The number of carboxylic acid groups (broad SMARTS) is 1. The van der Waals surface area contributed by atoms with Crippen LogP contribution in [0.3, 0.4) is 0 Å². The Morgan fingerprint density at radius 3 is 2.79 bits per heavy atom. The topological polar surface area (TPSA) is 55.8 Å². The van der Waals surface area contributed by atoms with Crippen LogP contribution in [-0.4, -0.2) is 24.8 Å². The molecule has 0 aliphatic heterocycles. The third-order valence-corrected chi connectivity index (χ3v) is 2.84. The van der Waals surface area contributed by atoms with Crippen LogP contribution in [-0.2, 0) is 4.79 Å². The lowest BCUT2D eigenvalue weighted by atomic mass is 10.1. The van der Waals surface area contributed by atoms with Gasteiger partial charge in [0.25, 0.3) is 0 Å². The zero-order valence-corrected chi connectivity index (χ0v) is 11.6. The number of carboxylic acids is 1. The Morgan fingerprint density at radius 1 is 1.47 bits per heavy atom. The monoisotopic (exact) mass is 264 g/mol. The van der Waals surface area contributed by atoms with Crippen LogP contribution in [0.2, 0.25) is 0 Å². The van der Waals surface area contributed by atoms with Gasteiger partial charge in [0.2, 0.25) is 0 Å². The average molecular weight is 264 g/mol. The molecule has 0 fully saturated rings. The van der Waals surface area contributed by atoms with Gasteiger partial charge < -0.3 is 14.6 Å². The minimum Gasteiger partial charge on any atom is -0.493 e. The molecule has 0 saturated carbocycles. The molecular formula is C15H20O4. The fraction of sp³-hybridized carbons (Fsp3) is 0.400. The Labute approximate surface area is 113 Å². The Morgan fingerprint density at radius 2 is 2.21 bits per heavy atom. The second-order valence-electron chi connectivity index (χ2n) is 4.37. The standard InChI is InChI=1S/C15H20O4/c1-4-11(2)10-19-15-12(8-9-14(16)17)6-5-7-13(15)18-3/h5-9,11H,4,10H2,1-3H3,(H,16,17). The van der Waals surface area contributed by atoms with Gasteiger partial charge in [0.15, 0.2) is 11.5 Å². The van der Waals surface area contributed by atoms with E-state index in [0.29, 0.717) is 29.6 Å². The fourth-order valence-corrected chi connectivity index (χ4v) is 1.48. The summed E-state index contributed by atoms with van der Waals surface area (Å²) < 4.78 is 11.0.